The van der Waals surface area contributed by atoms with E-state index < -0.39 is 63.3 Å². The zero-order chi connectivity index (χ0) is 32.7. The Kier molecular flexibility index (Phi) is 15.4. The zero-order valence-electron chi connectivity index (χ0n) is 25.2. The zero-order valence-corrected chi connectivity index (χ0v) is 26.0. The smallest absolute Gasteiger partial charge is 0.432 e. The fraction of sp³-hybridized carbons (Fsp3) is 0.760. The number of ether oxygens (including phenoxy) is 9. The predicted molar refractivity (Wildman–Crippen MR) is 147 cm³/mol. The maximum atomic E-state index is 13.4. The number of nitrogens with zero attached hydrogens (tertiary/aromatic N) is 1. The van der Waals surface area contributed by atoms with E-state index in [2.05, 4.69) is 4.98 Å². The molecule has 1 aliphatic carbocycles. The van der Waals surface area contributed by atoms with Gasteiger partial charge in [0.25, 0.3) is 5.56 Å². The lowest BCUT2D eigenvalue weighted by Crippen LogP contribution is -2.35. The van der Waals surface area contributed by atoms with E-state index >= 15 is 0 Å². The summed E-state index contributed by atoms with van der Waals surface area (Å²) < 4.78 is 75.7. The summed E-state index contributed by atoms with van der Waals surface area (Å²) >= 11 is 0. The van der Waals surface area contributed by atoms with E-state index in [0.717, 1.165) is 0 Å². The van der Waals surface area contributed by atoms with Crippen LogP contribution in [0.4, 0.5) is 9.59 Å². The molecule has 1 saturated heterocycles. The number of carbonyl (C=O) groups is 2. The summed E-state index contributed by atoms with van der Waals surface area (Å²) in [5.41, 5.74) is -1.09. The van der Waals surface area contributed by atoms with Gasteiger partial charge in [-0.3, -0.25) is 18.9 Å². The second-order valence-electron chi connectivity index (χ2n) is 9.55. The summed E-state index contributed by atoms with van der Waals surface area (Å²) in [7, 11) is -1.48. The van der Waals surface area contributed by atoms with Gasteiger partial charge in [-0.25, -0.2) is 28.0 Å². The van der Waals surface area contributed by atoms with E-state index in [1.54, 1.807) is 0 Å². The second-order valence-corrected chi connectivity index (χ2v) is 11.2. The van der Waals surface area contributed by atoms with Gasteiger partial charge in [-0.1, -0.05) is 6.92 Å². The number of aromatic amines is 1. The molecule has 0 radical (unpaired) electrons. The predicted octanol–water partition coefficient (Wildman–Crippen LogP) is 0.644. The molecule has 45 heavy (non-hydrogen) atoms. The largest absolute Gasteiger partial charge is 0.510 e. The van der Waals surface area contributed by atoms with E-state index in [9.17, 15) is 23.7 Å². The molecule has 19 nitrogen and oxygen atoms in total. The molecule has 2 aliphatic rings. The molecule has 0 spiro atoms. The van der Waals surface area contributed by atoms with Gasteiger partial charge in [-0.15, -0.1) is 0 Å². The highest BCUT2D eigenvalue weighted by Gasteiger charge is 2.65. The number of aromatic nitrogens is 2. The molecule has 1 saturated carbocycles. The SMILES string of the molecule is COCCOCCOC(=O)OCOP(=O)(OCOC(=O)OCCOCCOC)OC1C2[C@@H]1O[C@@H](Cn1ccc(=O)[nH]c1=O)[C@H]2C. The van der Waals surface area contributed by atoms with E-state index in [4.69, 9.17) is 56.2 Å². The van der Waals surface area contributed by atoms with Gasteiger partial charge in [0.2, 0.25) is 13.6 Å². The van der Waals surface area contributed by atoms with Crippen molar-refractivity contribution in [1.82, 2.24) is 9.55 Å². The fourth-order valence-corrected chi connectivity index (χ4v) is 5.32. The molecule has 1 aliphatic heterocycles. The van der Waals surface area contributed by atoms with Crippen molar-refractivity contribution in [1.29, 1.82) is 0 Å². The minimum absolute atomic E-state index is 0.0945. The first-order valence-electron chi connectivity index (χ1n) is 13.9. The highest BCUT2D eigenvalue weighted by Crippen LogP contribution is 2.60. The van der Waals surface area contributed by atoms with Crippen molar-refractivity contribution in [2.45, 2.75) is 31.8 Å². The summed E-state index contributed by atoms with van der Waals surface area (Å²) in [5, 5.41) is 0. The third-order valence-electron chi connectivity index (χ3n) is 6.53. The summed E-state index contributed by atoms with van der Waals surface area (Å²) in [6.07, 6.45) is -2.57. The first-order valence-corrected chi connectivity index (χ1v) is 15.4. The van der Waals surface area contributed by atoms with E-state index in [1.807, 2.05) is 6.92 Å². The number of rotatable bonds is 22. The molecular formula is C25H39N2O17P. The molecule has 0 bridgehead atoms. The van der Waals surface area contributed by atoms with Crippen LogP contribution in [0.5, 0.6) is 0 Å². The number of hydrogen-bond acceptors (Lipinski definition) is 17. The summed E-state index contributed by atoms with van der Waals surface area (Å²) in [6.45, 7) is 1.58. The van der Waals surface area contributed by atoms with Crippen LogP contribution in [0.3, 0.4) is 0 Å². The molecule has 0 aromatic carbocycles. The first kappa shape index (κ1) is 36.6. The average molecular weight is 671 g/mol. The van der Waals surface area contributed by atoms with Gasteiger partial charge < -0.3 is 42.6 Å². The number of H-pyrrole nitrogens is 1. The van der Waals surface area contributed by atoms with Crippen molar-refractivity contribution in [2.75, 3.05) is 80.7 Å². The fourth-order valence-electron chi connectivity index (χ4n) is 4.20. The Hall–Kier alpha value is -2.87. The number of nitrogens with one attached hydrogen (secondary N) is 1. The average Bonchev–Trinajstić information content (AvgIpc) is 3.55. The van der Waals surface area contributed by atoms with E-state index in [0.29, 0.717) is 26.4 Å². The van der Waals surface area contributed by atoms with E-state index in [-0.39, 0.29) is 44.8 Å². The molecule has 2 unspecified atom stereocenters. The quantitative estimate of drug-likeness (QED) is 0.0775. The van der Waals surface area contributed by atoms with Crippen molar-refractivity contribution in [3.8, 4) is 0 Å². The Balaban J connectivity index is 1.47. The van der Waals surface area contributed by atoms with Crippen LogP contribution >= 0.6 is 7.82 Å². The van der Waals surface area contributed by atoms with Gasteiger partial charge in [0.1, 0.15) is 19.3 Å². The molecule has 2 heterocycles. The Labute approximate surface area is 257 Å². The van der Waals surface area contributed by atoms with Crippen LogP contribution in [0.1, 0.15) is 6.92 Å². The Bertz CT molecular complexity index is 1190. The van der Waals surface area contributed by atoms with Crippen LogP contribution in [0, 0.1) is 11.8 Å². The monoisotopic (exact) mass is 670 g/mol. The number of phosphoric acid groups is 1. The van der Waals surface area contributed by atoms with Gasteiger partial charge in [-0.05, 0) is 5.92 Å². The summed E-state index contributed by atoms with van der Waals surface area (Å²) in [5.74, 6) is -0.413. The number of fused-ring (bicyclic) bond motifs is 1. The molecule has 1 aromatic heterocycles. The molecule has 0 amide bonds. The molecule has 1 N–H and O–H groups in total. The Morgan fingerprint density at radius 2 is 1.42 bits per heavy atom. The summed E-state index contributed by atoms with van der Waals surface area (Å²) in [4.78, 5) is 49.2. The maximum Gasteiger partial charge on any atom is 0.510 e. The van der Waals surface area contributed by atoms with Crippen molar-refractivity contribution >= 4 is 20.1 Å². The lowest BCUT2D eigenvalue weighted by atomic mass is 10.0. The van der Waals surface area contributed by atoms with Gasteiger partial charge in [0, 0.05) is 32.4 Å². The highest BCUT2D eigenvalue weighted by molar-refractivity contribution is 7.48. The van der Waals surface area contributed by atoms with Crippen molar-refractivity contribution in [2.24, 2.45) is 11.8 Å². The standard InChI is InChI=1S/C25H39N2O17P/c1-17-18(14-27-5-4-19(28)26-23(27)29)43-21-20(17)22(21)44-45(32,41-15-39-24(30)37-12-10-35-8-6-33-2)42-16-40-25(31)38-13-11-36-9-7-34-3/h4-5,17-18,20-22H,6-16H2,1-3H3,(H,26,28,29)/t17-,18+,20?,21+,22?/m1/s1. The third-order valence-corrected chi connectivity index (χ3v) is 7.87. The minimum atomic E-state index is -4.51. The second kappa shape index (κ2) is 18.9. The Morgan fingerprint density at radius 1 is 0.867 bits per heavy atom. The van der Waals surface area contributed by atoms with Crippen molar-refractivity contribution < 1.29 is 70.4 Å². The van der Waals surface area contributed by atoms with Gasteiger partial charge in [0.05, 0.1) is 58.4 Å². The maximum absolute atomic E-state index is 13.4. The lowest BCUT2D eigenvalue weighted by molar-refractivity contribution is -0.0540. The van der Waals surface area contributed by atoms with Crippen molar-refractivity contribution in [3.05, 3.63) is 33.1 Å². The molecule has 256 valence electrons. The molecular weight excluding hydrogens is 631 g/mol. The third kappa shape index (κ3) is 12.4. The van der Waals surface area contributed by atoms with Gasteiger partial charge in [0.15, 0.2) is 0 Å². The number of carbonyl (C=O) groups excluding carboxylic acids is 2. The number of phosphoric ester groups is 1. The van der Waals surface area contributed by atoms with Crippen molar-refractivity contribution in [3.63, 3.8) is 0 Å². The van der Waals surface area contributed by atoms with Crippen LogP contribution in [0.15, 0.2) is 21.9 Å². The van der Waals surface area contributed by atoms with Crippen LogP contribution in [-0.4, -0.2) is 121 Å². The van der Waals surface area contributed by atoms with E-state index in [1.165, 1.54) is 31.0 Å². The molecule has 1 aromatic rings. The van der Waals surface area contributed by atoms with Gasteiger partial charge in [-0.2, -0.15) is 0 Å². The molecule has 3 rings (SSSR count). The van der Waals surface area contributed by atoms with Crippen LogP contribution in [-0.2, 0) is 67.3 Å². The lowest BCUT2D eigenvalue weighted by Gasteiger charge is -2.23. The normalized spacial score (nSPS) is 22.1. The van der Waals surface area contributed by atoms with Crippen LogP contribution in [0.25, 0.3) is 0 Å². The van der Waals surface area contributed by atoms with Crippen LogP contribution < -0.4 is 11.2 Å². The highest BCUT2D eigenvalue weighted by atomic mass is 31.2. The Morgan fingerprint density at radius 3 is 1.91 bits per heavy atom. The number of methoxy groups -OCH3 is 2. The first-order chi connectivity index (χ1) is 21.7. The number of hydrogen-bond donors (Lipinski definition) is 1. The molecule has 5 atom stereocenters. The van der Waals surface area contributed by atoms with Gasteiger partial charge >= 0.3 is 25.8 Å². The molecule has 2 fully saturated rings. The summed E-state index contributed by atoms with van der Waals surface area (Å²) in [6, 6.07) is 1.22. The molecule has 20 heteroatoms. The minimum Gasteiger partial charge on any atom is -0.432 e. The topological polar surface area (TPSA) is 217 Å². The van der Waals surface area contributed by atoms with Crippen LogP contribution in [0.2, 0.25) is 0 Å².